The predicted molar refractivity (Wildman–Crippen MR) is 69.7 cm³/mol. The molecule has 0 bridgehead atoms. The van der Waals surface area contributed by atoms with E-state index in [-0.39, 0.29) is 4.75 Å². The highest BCUT2D eigenvalue weighted by Gasteiger charge is 2.15. The van der Waals surface area contributed by atoms with Crippen molar-refractivity contribution in [1.82, 2.24) is 0 Å². The summed E-state index contributed by atoms with van der Waals surface area (Å²) in [5.41, 5.74) is 5.06. The van der Waals surface area contributed by atoms with Gasteiger partial charge in [0.25, 0.3) is 0 Å². The third-order valence-electron chi connectivity index (χ3n) is 1.84. The second-order valence-electron chi connectivity index (χ2n) is 3.90. The summed E-state index contributed by atoms with van der Waals surface area (Å²) in [5, 5.41) is 0.717. The van der Waals surface area contributed by atoms with Gasteiger partial charge in [0.05, 0.1) is 0 Å². The van der Waals surface area contributed by atoms with Crippen molar-refractivity contribution in [3.8, 4) is 0 Å². The third kappa shape index (κ3) is 4.73. The number of primary amides is 1. The molecule has 0 radical (unpaired) electrons. The third-order valence-corrected chi connectivity index (χ3v) is 3.27. The van der Waals surface area contributed by atoms with Crippen LogP contribution in [0.1, 0.15) is 13.8 Å². The van der Waals surface area contributed by atoms with Gasteiger partial charge in [-0.15, -0.1) is 11.8 Å². The van der Waals surface area contributed by atoms with Crippen LogP contribution in [0.5, 0.6) is 0 Å². The monoisotopic (exact) mass is 255 g/mol. The molecule has 0 saturated heterocycles. The lowest BCUT2D eigenvalue weighted by Gasteiger charge is -2.19. The molecule has 0 aromatic heterocycles. The molecule has 0 saturated carbocycles. The Morgan fingerprint density at radius 1 is 1.38 bits per heavy atom. The highest BCUT2D eigenvalue weighted by Crippen LogP contribution is 2.33. The molecule has 1 aromatic rings. The van der Waals surface area contributed by atoms with E-state index in [4.69, 9.17) is 17.3 Å². The lowest BCUT2D eigenvalue weighted by Crippen LogP contribution is -2.13. The van der Waals surface area contributed by atoms with Gasteiger partial charge in [-0.1, -0.05) is 17.7 Å². The van der Waals surface area contributed by atoms with E-state index in [1.54, 1.807) is 17.8 Å². The molecule has 1 aromatic carbocycles. The van der Waals surface area contributed by atoms with E-state index in [1.165, 1.54) is 6.08 Å². The molecule has 0 heterocycles. The molecule has 2 nitrogen and oxygen atoms in total. The number of nitrogens with two attached hydrogens (primary N) is 1. The van der Waals surface area contributed by atoms with Crippen LogP contribution in [0, 0.1) is 0 Å². The van der Waals surface area contributed by atoms with Crippen LogP contribution in [0.3, 0.4) is 0 Å². The number of hydrogen-bond acceptors (Lipinski definition) is 2. The highest BCUT2D eigenvalue weighted by molar-refractivity contribution is 8.00. The lowest BCUT2D eigenvalue weighted by molar-refractivity contribution is -0.113. The zero-order valence-electron chi connectivity index (χ0n) is 9.24. The van der Waals surface area contributed by atoms with Crippen molar-refractivity contribution in [1.29, 1.82) is 0 Å². The van der Waals surface area contributed by atoms with Crippen LogP contribution in [0.25, 0.3) is 0 Å². The first-order chi connectivity index (χ1) is 7.39. The number of rotatable bonds is 4. The zero-order chi connectivity index (χ0) is 12.2. The molecule has 2 N–H and O–H groups in total. The zero-order valence-corrected chi connectivity index (χ0v) is 10.8. The standard InChI is InChI=1S/C12H14ClNOS/c1-12(2,8-7-11(14)15)16-10-5-3-9(13)4-6-10/h3-8H,1-2H3,(H2,14,15)/b8-7+. The Morgan fingerprint density at radius 2 is 1.94 bits per heavy atom. The van der Waals surface area contributed by atoms with Gasteiger partial charge < -0.3 is 5.73 Å². The maximum Gasteiger partial charge on any atom is 0.241 e. The second-order valence-corrected chi connectivity index (χ2v) is 6.06. The van der Waals surface area contributed by atoms with Crippen LogP contribution in [0.2, 0.25) is 5.02 Å². The summed E-state index contributed by atoms with van der Waals surface area (Å²) in [7, 11) is 0. The minimum atomic E-state index is -0.426. The molecule has 1 rings (SSSR count). The molecular weight excluding hydrogens is 242 g/mol. The molecule has 0 fully saturated rings. The van der Waals surface area contributed by atoms with Gasteiger partial charge in [-0.05, 0) is 38.1 Å². The number of thioether (sulfide) groups is 1. The van der Waals surface area contributed by atoms with Gasteiger partial charge in [0, 0.05) is 20.7 Å². The van der Waals surface area contributed by atoms with E-state index in [0.29, 0.717) is 0 Å². The Hall–Kier alpha value is -0.930. The molecule has 0 atom stereocenters. The minimum absolute atomic E-state index is 0.178. The first-order valence-electron chi connectivity index (χ1n) is 4.82. The Morgan fingerprint density at radius 3 is 2.44 bits per heavy atom. The molecule has 0 spiro atoms. The summed E-state index contributed by atoms with van der Waals surface area (Å²) in [5.74, 6) is -0.426. The predicted octanol–water partition coefficient (Wildman–Crippen LogP) is 3.25. The van der Waals surface area contributed by atoms with Crippen molar-refractivity contribution >= 4 is 29.3 Å². The van der Waals surface area contributed by atoms with Gasteiger partial charge in [0.15, 0.2) is 0 Å². The lowest BCUT2D eigenvalue weighted by atomic mass is 10.2. The fraction of sp³-hybridized carbons (Fsp3) is 0.250. The highest BCUT2D eigenvalue weighted by atomic mass is 35.5. The number of carbonyl (C=O) groups is 1. The fourth-order valence-corrected chi connectivity index (χ4v) is 2.26. The molecule has 0 aliphatic heterocycles. The number of amides is 1. The summed E-state index contributed by atoms with van der Waals surface area (Å²) in [4.78, 5) is 11.8. The van der Waals surface area contributed by atoms with Crippen LogP contribution in [0.15, 0.2) is 41.3 Å². The van der Waals surface area contributed by atoms with E-state index in [1.807, 2.05) is 38.1 Å². The smallest absolute Gasteiger partial charge is 0.241 e. The first kappa shape index (κ1) is 13.1. The van der Waals surface area contributed by atoms with Gasteiger partial charge in [0.2, 0.25) is 5.91 Å². The van der Waals surface area contributed by atoms with Crippen LogP contribution in [-0.4, -0.2) is 10.7 Å². The Labute approximate surface area is 105 Å². The van der Waals surface area contributed by atoms with Gasteiger partial charge in [-0.2, -0.15) is 0 Å². The SMILES string of the molecule is CC(C)(/C=C/C(N)=O)Sc1ccc(Cl)cc1. The van der Waals surface area contributed by atoms with Gasteiger partial charge in [0.1, 0.15) is 0 Å². The Bertz CT molecular complexity index is 398. The topological polar surface area (TPSA) is 43.1 Å². The molecule has 0 unspecified atom stereocenters. The molecular formula is C12H14ClNOS. The van der Waals surface area contributed by atoms with Crippen molar-refractivity contribution in [3.63, 3.8) is 0 Å². The summed E-state index contributed by atoms with van der Waals surface area (Å²) >= 11 is 7.44. The maximum absolute atomic E-state index is 10.7. The Balaban J connectivity index is 2.72. The van der Waals surface area contributed by atoms with Crippen molar-refractivity contribution in [2.75, 3.05) is 0 Å². The largest absolute Gasteiger partial charge is 0.366 e. The number of halogens is 1. The summed E-state index contributed by atoms with van der Waals surface area (Å²) in [6.07, 6.45) is 3.19. The summed E-state index contributed by atoms with van der Waals surface area (Å²) in [6.45, 7) is 4.04. The van der Waals surface area contributed by atoms with Crippen molar-refractivity contribution in [2.45, 2.75) is 23.5 Å². The molecule has 16 heavy (non-hydrogen) atoms. The summed E-state index contributed by atoms with van der Waals surface area (Å²) in [6, 6.07) is 7.59. The van der Waals surface area contributed by atoms with Crippen molar-refractivity contribution < 1.29 is 4.79 Å². The van der Waals surface area contributed by atoms with Gasteiger partial charge in [-0.25, -0.2) is 0 Å². The maximum atomic E-state index is 10.7. The molecule has 86 valence electrons. The number of carbonyl (C=O) groups excluding carboxylic acids is 1. The van der Waals surface area contributed by atoms with Crippen LogP contribution in [0.4, 0.5) is 0 Å². The Kier molecular flexibility index (Phi) is 4.44. The van der Waals surface area contributed by atoms with Crippen LogP contribution in [-0.2, 0) is 4.79 Å². The second kappa shape index (κ2) is 5.41. The number of hydrogen-bond donors (Lipinski definition) is 1. The van der Waals surface area contributed by atoms with E-state index >= 15 is 0 Å². The normalized spacial score (nSPS) is 11.9. The van der Waals surface area contributed by atoms with Gasteiger partial charge in [-0.3, -0.25) is 4.79 Å². The quantitative estimate of drug-likeness (QED) is 0.663. The number of benzene rings is 1. The van der Waals surface area contributed by atoms with Crippen LogP contribution >= 0.6 is 23.4 Å². The molecule has 4 heteroatoms. The first-order valence-corrected chi connectivity index (χ1v) is 6.02. The average Bonchev–Trinajstić information content (AvgIpc) is 2.19. The fourth-order valence-electron chi connectivity index (χ4n) is 1.12. The van der Waals surface area contributed by atoms with E-state index in [2.05, 4.69) is 0 Å². The van der Waals surface area contributed by atoms with E-state index in [9.17, 15) is 4.79 Å². The van der Waals surface area contributed by atoms with E-state index < -0.39 is 5.91 Å². The van der Waals surface area contributed by atoms with E-state index in [0.717, 1.165) is 9.92 Å². The van der Waals surface area contributed by atoms with Gasteiger partial charge >= 0.3 is 0 Å². The summed E-state index contributed by atoms with van der Waals surface area (Å²) < 4.78 is -0.178. The van der Waals surface area contributed by atoms with Crippen molar-refractivity contribution in [2.24, 2.45) is 5.73 Å². The minimum Gasteiger partial charge on any atom is -0.366 e. The molecule has 1 amide bonds. The molecule has 0 aliphatic carbocycles. The van der Waals surface area contributed by atoms with Crippen molar-refractivity contribution in [3.05, 3.63) is 41.4 Å². The van der Waals surface area contributed by atoms with Crippen LogP contribution < -0.4 is 5.73 Å². The average molecular weight is 256 g/mol. The molecule has 0 aliphatic rings.